The van der Waals surface area contributed by atoms with Crippen molar-refractivity contribution in [2.45, 2.75) is 26.2 Å². The van der Waals surface area contributed by atoms with Crippen LogP contribution in [0.1, 0.15) is 26.2 Å². The maximum absolute atomic E-state index is 8.79. The van der Waals surface area contributed by atoms with Gasteiger partial charge in [-0.05, 0) is 6.42 Å². The summed E-state index contributed by atoms with van der Waals surface area (Å²) in [5.41, 5.74) is 0. The summed E-state index contributed by atoms with van der Waals surface area (Å²) < 4.78 is 0. The van der Waals surface area contributed by atoms with Crippen LogP contribution in [-0.2, 0) is 0 Å². The van der Waals surface area contributed by atoms with Crippen LogP contribution < -0.4 is 0 Å². The van der Waals surface area contributed by atoms with Gasteiger partial charge in [0.1, 0.15) is 0 Å². The van der Waals surface area contributed by atoms with Crippen LogP contribution in [0.2, 0.25) is 0 Å². The smallest absolute Gasteiger partial charge is 0.0508 e. The Morgan fingerprint density at radius 3 is 2.70 bits per heavy atom. The minimum atomic E-state index is 0.233. The Hall–Kier alpha value is -0.370. The molecule has 0 radical (unpaired) electrons. The highest BCUT2D eigenvalue weighted by molar-refractivity contribution is 5.60. The monoisotopic (exact) mass is 143 g/mol. The van der Waals surface area contributed by atoms with Crippen LogP contribution in [0.25, 0.3) is 0 Å². The van der Waals surface area contributed by atoms with Crippen LogP contribution in [0.5, 0.6) is 0 Å². The molecule has 0 fully saturated rings. The minimum absolute atomic E-state index is 0.233. The SMILES string of the molecule is CCCCC(C=NC)CO. The molecule has 0 spiro atoms. The second kappa shape index (κ2) is 6.75. The summed E-state index contributed by atoms with van der Waals surface area (Å²) in [6, 6.07) is 0. The van der Waals surface area contributed by atoms with E-state index in [4.69, 9.17) is 5.11 Å². The summed E-state index contributed by atoms with van der Waals surface area (Å²) in [6.45, 7) is 2.38. The maximum atomic E-state index is 8.79. The van der Waals surface area contributed by atoms with Crippen molar-refractivity contribution in [3.63, 3.8) is 0 Å². The molecular weight excluding hydrogens is 126 g/mol. The Morgan fingerprint density at radius 1 is 1.60 bits per heavy atom. The Balaban J connectivity index is 3.39. The fraction of sp³-hybridized carbons (Fsp3) is 0.875. The Kier molecular flexibility index (Phi) is 6.50. The van der Waals surface area contributed by atoms with E-state index in [0.29, 0.717) is 0 Å². The van der Waals surface area contributed by atoms with Crippen LogP contribution in [0.4, 0.5) is 0 Å². The van der Waals surface area contributed by atoms with Gasteiger partial charge in [0, 0.05) is 19.2 Å². The van der Waals surface area contributed by atoms with Crippen molar-refractivity contribution in [2.24, 2.45) is 10.9 Å². The van der Waals surface area contributed by atoms with Gasteiger partial charge in [0.25, 0.3) is 0 Å². The van der Waals surface area contributed by atoms with Crippen molar-refractivity contribution in [2.75, 3.05) is 13.7 Å². The molecule has 0 saturated heterocycles. The summed E-state index contributed by atoms with van der Waals surface area (Å²) in [6.07, 6.45) is 5.26. The predicted octanol–water partition coefficient (Wildman–Crippen LogP) is 1.49. The third kappa shape index (κ3) is 4.50. The molecule has 0 aromatic heterocycles. The summed E-state index contributed by atoms with van der Waals surface area (Å²) >= 11 is 0. The zero-order valence-corrected chi connectivity index (χ0v) is 6.88. The van der Waals surface area contributed by atoms with Crippen molar-refractivity contribution in [3.8, 4) is 0 Å². The highest BCUT2D eigenvalue weighted by Gasteiger charge is 2.00. The molecule has 2 heteroatoms. The van der Waals surface area contributed by atoms with Crippen LogP contribution in [0, 0.1) is 5.92 Å². The fourth-order valence-corrected chi connectivity index (χ4v) is 0.890. The number of aliphatic imine (C=N–C) groups is 1. The predicted molar refractivity (Wildman–Crippen MR) is 44.5 cm³/mol. The quantitative estimate of drug-likeness (QED) is 0.581. The minimum Gasteiger partial charge on any atom is -0.396 e. The Labute approximate surface area is 63.0 Å². The van der Waals surface area contributed by atoms with E-state index in [1.807, 2.05) is 6.21 Å². The summed E-state index contributed by atoms with van der Waals surface area (Å²) in [5, 5.41) is 8.79. The average molecular weight is 143 g/mol. The fourth-order valence-electron chi connectivity index (χ4n) is 0.890. The number of rotatable bonds is 5. The summed E-state index contributed by atoms with van der Waals surface area (Å²) in [7, 11) is 1.74. The van der Waals surface area contributed by atoms with Gasteiger partial charge >= 0.3 is 0 Å². The van der Waals surface area contributed by atoms with Gasteiger partial charge in [-0.2, -0.15) is 0 Å². The zero-order chi connectivity index (χ0) is 7.82. The van der Waals surface area contributed by atoms with Crippen LogP contribution in [-0.4, -0.2) is 25.0 Å². The molecule has 0 aliphatic heterocycles. The first kappa shape index (κ1) is 9.63. The molecule has 0 aromatic carbocycles. The zero-order valence-electron chi connectivity index (χ0n) is 6.88. The summed E-state index contributed by atoms with van der Waals surface area (Å²) in [4.78, 5) is 3.87. The molecule has 60 valence electrons. The van der Waals surface area contributed by atoms with Gasteiger partial charge in [0.15, 0.2) is 0 Å². The molecule has 10 heavy (non-hydrogen) atoms. The molecule has 1 N–H and O–H groups in total. The molecule has 1 unspecified atom stereocenters. The topological polar surface area (TPSA) is 32.6 Å². The second-order valence-electron chi connectivity index (χ2n) is 2.49. The lowest BCUT2D eigenvalue weighted by Crippen LogP contribution is -2.06. The van der Waals surface area contributed by atoms with E-state index in [9.17, 15) is 0 Å². The summed E-state index contributed by atoms with van der Waals surface area (Å²) in [5.74, 6) is 0.282. The maximum Gasteiger partial charge on any atom is 0.0508 e. The van der Waals surface area contributed by atoms with Crippen molar-refractivity contribution in [1.29, 1.82) is 0 Å². The van der Waals surface area contributed by atoms with E-state index in [1.54, 1.807) is 7.05 Å². The van der Waals surface area contributed by atoms with E-state index >= 15 is 0 Å². The molecule has 2 nitrogen and oxygen atoms in total. The first-order valence-corrected chi connectivity index (χ1v) is 3.88. The molecule has 0 aliphatic carbocycles. The molecule has 0 aliphatic rings. The van der Waals surface area contributed by atoms with Crippen molar-refractivity contribution < 1.29 is 5.11 Å². The third-order valence-corrected chi connectivity index (χ3v) is 1.52. The number of aliphatic hydroxyl groups excluding tert-OH is 1. The standard InChI is InChI=1S/C8H17NO/c1-3-4-5-8(7-10)6-9-2/h6,8,10H,3-5,7H2,1-2H3. The number of nitrogens with zero attached hydrogens (tertiary/aromatic N) is 1. The molecule has 0 amide bonds. The molecule has 0 heterocycles. The number of hydrogen-bond acceptors (Lipinski definition) is 2. The van der Waals surface area contributed by atoms with Crippen LogP contribution in [0.3, 0.4) is 0 Å². The van der Waals surface area contributed by atoms with Crippen LogP contribution in [0.15, 0.2) is 4.99 Å². The van der Waals surface area contributed by atoms with Gasteiger partial charge in [0.2, 0.25) is 0 Å². The van der Waals surface area contributed by atoms with Crippen molar-refractivity contribution in [3.05, 3.63) is 0 Å². The van der Waals surface area contributed by atoms with E-state index < -0.39 is 0 Å². The van der Waals surface area contributed by atoms with Crippen LogP contribution >= 0.6 is 0 Å². The van der Waals surface area contributed by atoms with E-state index in [0.717, 1.165) is 6.42 Å². The van der Waals surface area contributed by atoms with E-state index in [-0.39, 0.29) is 12.5 Å². The lowest BCUT2D eigenvalue weighted by molar-refractivity contribution is 0.255. The molecule has 0 saturated carbocycles. The first-order valence-electron chi connectivity index (χ1n) is 3.88. The lowest BCUT2D eigenvalue weighted by atomic mass is 10.1. The molecule has 0 rings (SSSR count). The highest BCUT2D eigenvalue weighted by atomic mass is 16.3. The largest absolute Gasteiger partial charge is 0.396 e. The average Bonchev–Trinajstić information content (AvgIpc) is 1.98. The van der Waals surface area contributed by atoms with Crippen molar-refractivity contribution in [1.82, 2.24) is 0 Å². The number of aliphatic hydroxyl groups is 1. The Morgan fingerprint density at radius 2 is 2.30 bits per heavy atom. The number of hydrogen-bond donors (Lipinski definition) is 1. The Bertz CT molecular complexity index is 91.3. The van der Waals surface area contributed by atoms with Gasteiger partial charge in [-0.25, -0.2) is 0 Å². The van der Waals surface area contributed by atoms with Crippen molar-refractivity contribution >= 4 is 6.21 Å². The second-order valence-corrected chi connectivity index (χ2v) is 2.49. The third-order valence-electron chi connectivity index (χ3n) is 1.52. The van der Waals surface area contributed by atoms with Gasteiger partial charge in [-0.1, -0.05) is 19.8 Å². The van der Waals surface area contributed by atoms with Gasteiger partial charge < -0.3 is 10.1 Å². The molecule has 1 atom stereocenters. The van der Waals surface area contributed by atoms with Gasteiger partial charge in [0.05, 0.1) is 6.61 Å². The number of unbranched alkanes of at least 4 members (excludes halogenated alkanes) is 1. The molecule has 0 aromatic rings. The highest BCUT2D eigenvalue weighted by Crippen LogP contribution is 2.04. The van der Waals surface area contributed by atoms with E-state index in [1.165, 1.54) is 12.8 Å². The molecular formula is C8H17NO. The lowest BCUT2D eigenvalue weighted by Gasteiger charge is -2.05. The molecule has 0 bridgehead atoms. The van der Waals surface area contributed by atoms with Gasteiger partial charge in [-0.15, -0.1) is 0 Å². The van der Waals surface area contributed by atoms with E-state index in [2.05, 4.69) is 11.9 Å². The van der Waals surface area contributed by atoms with Gasteiger partial charge in [-0.3, -0.25) is 0 Å². The normalized spacial score (nSPS) is 14.3. The first-order chi connectivity index (χ1) is 4.85.